The molecule has 1 heterocycles. The van der Waals surface area contributed by atoms with E-state index in [1.807, 2.05) is 13.8 Å². The Bertz CT molecular complexity index is 596. The lowest BCUT2D eigenvalue weighted by Crippen LogP contribution is -2.25. The van der Waals surface area contributed by atoms with Crippen molar-refractivity contribution in [3.8, 4) is 0 Å². The molecule has 0 saturated carbocycles. The fraction of sp³-hybridized carbons (Fsp3) is 0.438. The number of amides is 4. The second kappa shape index (κ2) is 6.60. The zero-order valence-corrected chi connectivity index (χ0v) is 13.1. The van der Waals surface area contributed by atoms with Crippen molar-refractivity contribution in [1.29, 1.82) is 0 Å². The Morgan fingerprint density at radius 3 is 2.55 bits per heavy atom. The van der Waals surface area contributed by atoms with Crippen LogP contribution in [0, 0.1) is 5.92 Å². The van der Waals surface area contributed by atoms with Crippen LogP contribution >= 0.6 is 0 Å². The summed E-state index contributed by atoms with van der Waals surface area (Å²) in [5, 5.41) is 5.49. The number of carbonyl (C=O) groups excluding carboxylic acids is 3. The summed E-state index contributed by atoms with van der Waals surface area (Å²) in [6.45, 7) is 3.96. The van der Waals surface area contributed by atoms with Crippen molar-refractivity contribution in [2.75, 3.05) is 12.4 Å². The monoisotopic (exact) mass is 303 g/mol. The highest BCUT2D eigenvalue weighted by Gasteiger charge is 2.36. The van der Waals surface area contributed by atoms with E-state index in [1.54, 1.807) is 24.3 Å². The molecule has 0 aliphatic carbocycles. The van der Waals surface area contributed by atoms with E-state index in [2.05, 4.69) is 10.6 Å². The molecule has 1 unspecified atom stereocenters. The number of benzene rings is 1. The molecule has 22 heavy (non-hydrogen) atoms. The van der Waals surface area contributed by atoms with Crippen LogP contribution in [-0.4, -0.2) is 29.8 Å². The predicted molar refractivity (Wildman–Crippen MR) is 83.2 cm³/mol. The average molecular weight is 303 g/mol. The van der Waals surface area contributed by atoms with Crippen LogP contribution in [0.25, 0.3) is 0 Å². The van der Waals surface area contributed by atoms with Crippen molar-refractivity contribution >= 4 is 23.5 Å². The normalized spacial score (nSPS) is 17.8. The van der Waals surface area contributed by atoms with Gasteiger partial charge in [0.25, 0.3) is 5.91 Å². The number of imide groups is 1. The first-order chi connectivity index (χ1) is 10.5. The molecule has 2 rings (SSSR count). The third-order valence-electron chi connectivity index (χ3n) is 3.99. The van der Waals surface area contributed by atoms with Gasteiger partial charge >= 0.3 is 6.03 Å². The molecule has 1 aliphatic heterocycles. The summed E-state index contributed by atoms with van der Waals surface area (Å²) >= 11 is 0. The van der Waals surface area contributed by atoms with E-state index in [0.717, 1.165) is 17.7 Å². The molecular weight excluding hydrogens is 282 g/mol. The van der Waals surface area contributed by atoms with Crippen molar-refractivity contribution in [2.45, 2.75) is 32.7 Å². The summed E-state index contributed by atoms with van der Waals surface area (Å²) in [6, 6.07) is 5.91. The molecule has 6 heteroatoms. The van der Waals surface area contributed by atoms with Gasteiger partial charge in [-0.3, -0.25) is 14.5 Å². The van der Waals surface area contributed by atoms with Gasteiger partial charge < -0.3 is 10.6 Å². The largest absolute Gasteiger partial charge is 0.326 e. The van der Waals surface area contributed by atoms with E-state index >= 15 is 0 Å². The molecular formula is C16H21N3O3. The van der Waals surface area contributed by atoms with Gasteiger partial charge in [0.05, 0.1) is 0 Å². The van der Waals surface area contributed by atoms with Crippen LogP contribution in [0.4, 0.5) is 10.5 Å². The van der Waals surface area contributed by atoms with Gasteiger partial charge in [-0.25, -0.2) is 4.79 Å². The number of rotatable bonds is 5. The van der Waals surface area contributed by atoms with Gasteiger partial charge in [0.1, 0.15) is 6.04 Å². The lowest BCUT2D eigenvalue weighted by Gasteiger charge is -2.14. The maximum atomic E-state index is 12.1. The zero-order valence-electron chi connectivity index (χ0n) is 13.1. The smallest absolute Gasteiger partial charge is 0.324 e. The van der Waals surface area contributed by atoms with Crippen LogP contribution in [0.3, 0.4) is 0 Å². The minimum Gasteiger partial charge on any atom is -0.326 e. The Balaban J connectivity index is 2.16. The second-order valence-electron chi connectivity index (χ2n) is 5.41. The molecule has 6 nitrogen and oxygen atoms in total. The SMILES string of the molecule is CCC(CC)C(=O)Nc1cccc(C2NC(=O)N(C)C2=O)c1. The highest BCUT2D eigenvalue weighted by Crippen LogP contribution is 2.24. The molecule has 0 spiro atoms. The van der Waals surface area contributed by atoms with Crippen LogP contribution < -0.4 is 10.6 Å². The molecule has 1 fully saturated rings. The van der Waals surface area contributed by atoms with E-state index in [4.69, 9.17) is 0 Å². The van der Waals surface area contributed by atoms with Crippen LogP contribution in [0.1, 0.15) is 38.3 Å². The zero-order chi connectivity index (χ0) is 16.3. The maximum absolute atomic E-state index is 12.1. The minimum atomic E-state index is -0.692. The first kappa shape index (κ1) is 16.0. The van der Waals surface area contributed by atoms with E-state index in [9.17, 15) is 14.4 Å². The van der Waals surface area contributed by atoms with Crippen molar-refractivity contribution in [3.63, 3.8) is 0 Å². The quantitative estimate of drug-likeness (QED) is 0.819. The van der Waals surface area contributed by atoms with Gasteiger partial charge in [0.2, 0.25) is 5.91 Å². The molecule has 0 aromatic heterocycles. The lowest BCUT2D eigenvalue weighted by molar-refractivity contribution is -0.126. The molecule has 2 N–H and O–H groups in total. The summed E-state index contributed by atoms with van der Waals surface area (Å²) in [7, 11) is 1.44. The number of carbonyl (C=O) groups is 3. The van der Waals surface area contributed by atoms with E-state index < -0.39 is 12.1 Å². The van der Waals surface area contributed by atoms with Crippen LogP contribution in [0.5, 0.6) is 0 Å². The minimum absolute atomic E-state index is 0.0254. The Kier molecular flexibility index (Phi) is 4.80. The van der Waals surface area contributed by atoms with Gasteiger partial charge in [-0.05, 0) is 30.5 Å². The number of anilines is 1. The Labute approximate surface area is 129 Å². The summed E-state index contributed by atoms with van der Waals surface area (Å²) in [4.78, 5) is 36.7. The fourth-order valence-corrected chi connectivity index (χ4v) is 2.50. The van der Waals surface area contributed by atoms with Crippen LogP contribution in [-0.2, 0) is 9.59 Å². The van der Waals surface area contributed by atoms with E-state index in [0.29, 0.717) is 11.3 Å². The second-order valence-corrected chi connectivity index (χ2v) is 5.41. The summed E-state index contributed by atoms with van der Waals surface area (Å²) in [6.07, 6.45) is 1.56. The Morgan fingerprint density at radius 2 is 2.00 bits per heavy atom. The predicted octanol–water partition coefficient (Wildman–Crippen LogP) is 2.28. The maximum Gasteiger partial charge on any atom is 0.324 e. The molecule has 1 aromatic rings. The van der Waals surface area contributed by atoms with Gasteiger partial charge in [-0.2, -0.15) is 0 Å². The highest BCUT2D eigenvalue weighted by atomic mass is 16.2. The van der Waals surface area contributed by atoms with Crippen molar-refractivity contribution < 1.29 is 14.4 Å². The molecule has 1 saturated heterocycles. The van der Waals surface area contributed by atoms with Crippen molar-refractivity contribution in [2.24, 2.45) is 5.92 Å². The lowest BCUT2D eigenvalue weighted by atomic mass is 10.0. The molecule has 118 valence electrons. The van der Waals surface area contributed by atoms with Crippen LogP contribution in [0.2, 0.25) is 0 Å². The topological polar surface area (TPSA) is 78.5 Å². The van der Waals surface area contributed by atoms with Gasteiger partial charge in [-0.1, -0.05) is 26.0 Å². The Hall–Kier alpha value is -2.37. The van der Waals surface area contributed by atoms with Crippen molar-refractivity contribution in [1.82, 2.24) is 10.2 Å². The number of likely N-dealkylation sites (N-methyl/N-ethyl adjacent to an activating group) is 1. The first-order valence-corrected chi connectivity index (χ1v) is 7.46. The molecule has 4 amide bonds. The standard InChI is InChI=1S/C16H21N3O3/c1-4-10(5-2)14(20)17-12-8-6-7-11(9-12)13-15(21)19(3)16(22)18-13/h6-10,13H,4-5H2,1-3H3,(H,17,20)(H,18,22). The summed E-state index contributed by atoms with van der Waals surface area (Å²) < 4.78 is 0. The van der Waals surface area contributed by atoms with Crippen LogP contribution in [0.15, 0.2) is 24.3 Å². The molecule has 0 bridgehead atoms. The third kappa shape index (κ3) is 3.10. The molecule has 1 aliphatic rings. The fourth-order valence-electron chi connectivity index (χ4n) is 2.50. The average Bonchev–Trinajstić information content (AvgIpc) is 2.76. The number of nitrogens with one attached hydrogen (secondary N) is 2. The number of hydrogen-bond donors (Lipinski definition) is 2. The molecule has 1 atom stereocenters. The van der Waals surface area contributed by atoms with E-state index in [-0.39, 0.29) is 17.7 Å². The molecule has 1 aromatic carbocycles. The van der Waals surface area contributed by atoms with E-state index in [1.165, 1.54) is 7.05 Å². The summed E-state index contributed by atoms with van der Waals surface area (Å²) in [5.74, 6) is -0.350. The number of nitrogens with zero attached hydrogens (tertiary/aromatic N) is 1. The first-order valence-electron chi connectivity index (χ1n) is 7.46. The van der Waals surface area contributed by atoms with Gasteiger partial charge in [-0.15, -0.1) is 0 Å². The Morgan fingerprint density at radius 1 is 1.32 bits per heavy atom. The molecule has 0 radical (unpaired) electrons. The third-order valence-corrected chi connectivity index (χ3v) is 3.99. The number of hydrogen-bond acceptors (Lipinski definition) is 3. The number of urea groups is 1. The highest BCUT2D eigenvalue weighted by molar-refractivity contribution is 6.04. The van der Waals surface area contributed by atoms with Gasteiger partial charge in [0, 0.05) is 18.7 Å². The van der Waals surface area contributed by atoms with Gasteiger partial charge in [0.15, 0.2) is 0 Å². The van der Waals surface area contributed by atoms with Crippen molar-refractivity contribution in [3.05, 3.63) is 29.8 Å². The summed E-state index contributed by atoms with van der Waals surface area (Å²) in [5.41, 5.74) is 1.29.